The van der Waals surface area contributed by atoms with Gasteiger partial charge in [-0.15, -0.1) is 0 Å². The normalized spacial score (nSPS) is 16.2. The molecule has 0 radical (unpaired) electrons. The number of aliphatic hydroxyl groups is 1. The van der Waals surface area contributed by atoms with E-state index in [2.05, 4.69) is 0 Å². The van der Waals surface area contributed by atoms with Crippen molar-refractivity contribution in [1.82, 2.24) is 14.7 Å². The largest absolute Gasteiger partial charge is 0.491 e. The van der Waals surface area contributed by atoms with Crippen LogP contribution in [0.15, 0.2) is 140 Å². The summed E-state index contributed by atoms with van der Waals surface area (Å²) in [5.41, 5.74) is 1.04. The molecule has 57 heavy (non-hydrogen) atoms. The summed E-state index contributed by atoms with van der Waals surface area (Å²) in [6, 6.07) is 37.5. The molecule has 0 aromatic heterocycles. The van der Waals surface area contributed by atoms with Crippen LogP contribution in [0.4, 0.5) is 4.79 Å². The van der Waals surface area contributed by atoms with Gasteiger partial charge in [0.1, 0.15) is 23.1 Å². The summed E-state index contributed by atoms with van der Waals surface area (Å²) in [5, 5.41) is 24.8. The molecule has 1 heterocycles. The summed E-state index contributed by atoms with van der Waals surface area (Å²) in [5.74, 6) is -1.14. The fraction of sp³-hybridized carbons (Fsp3) is 0.298. The fourth-order valence-corrected chi connectivity index (χ4v) is 7.72. The Morgan fingerprint density at radius 3 is 1.44 bits per heavy atom. The molecule has 1 aliphatic heterocycles. The Morgan fingerprint density at radius 2 is 1.02 bits per heavy atom. The first-order chi connectivity index (χ1) is 27.4. The minimum atomic E-state index is -2.01. The third-order valence-electron chi connectivity index (χ3n) is 10.2. The molecule has 1 saturated heterocycles. The molecular formula is C47H51N3O7. The van der Waals surface area contributed by atoms with Gasteiger partial charge in [-0.2, -0.15) is 0 Å². The zero-order chi connectivity index (χ0) is 40.7. The number of carboxylic acids is 1. The Labute approximate surface area is 334 Å². The van der Waals surface area contributed by atoms with Gasteiger partial charge in [0, 0.05) is 31.3 Å². The van der Waals surface area contributed by atoms with Crippen molar-refractivity contribution >= 4 is 17.9 Å². The highest BCUT2D eigenvalue weighted by Gasteiger charge is 2.56. The Balaban J connectivity index is 1.56. The summed E-state index contributed by atoms with van der Waals surface area (Å²) in [7, 11) is 1.57. The van der Waals surface area contributed by atoms with E-state index in [1.165, 1.54) is 14.7 Å². The van der Waals surface area contributed by atoms with E-state index >= 15 is 4.79 Å². The molecule has 1 unspecified atom stereocenters. The second kappa shape index (κ2) is 17.8. The van der Waals surface area contributed by atoms with Gasteiger partial charge in [-0.1, -0.05) is 127 Å². The number of urea groups is 1. The van der Waals surface area contributed by atoms with Crippen molar-refractivity contribution < 1.29 is 34.1 Å². The topological polar surface area (TPSA) is 120 Å². The van der Waals surface area contributed by atoms with Crippen LogP contribution in [0.5, 0.6) is 11.5 Å². The van der Waals surface area contributed by atoms with Crippen molar-refractivity contribution in [2.24, 2.45) is 0 Å². The molecule has 5 aromatic rings. The SMILES string of the molecule is CC(C)Oc1ccccc1C(O)(c1ccccc1OC(C)C)C(Cc1ccccc1)N(C)C(=O)[C@@H]1[C@H](C(=O)O)N(Cc2ccccc2)C(=O)N1Cc1ccccc1. The summed E-state index contributed by atoms with van der Waals surface area (Å²) in [6.45, 7) is 7.56. The minimum Gasteiger partial charge on any atom is -0.491 e. The average molecular weight is 770 g/mol. The lowest BCUT2D eigenvalue weighted by atomic mass is 9.76. The molecule has 10 heteroatoms. The molecule has 5 aromatic carbocycles. The van der Waals surface area contributed by atoms with Crippen molar-refractivity contribution in [2.45, 2.75) is 83.1 Å². The number of para-hydroxylation sites is 2. The quantitative estimate of drug-likeness (QED) is 0.107. The monoisotopic (exact) mass is 769 g/mol. The van der Waals surface area contributed by atoms with Gasteiger partial charge in [0.25, 0.3) is 0 Å². The summed E-state index contributed by atoms with van der Waals surface area (Å²) in [6.07, 6.45) is -0.379. The van der Waals surface area contributed by atoms with E-state index in [1.807, 2.05) is 131 Å². The number of hydrogen-bond acceptors (Lipinski definition) is 6. The maximum atomic E-state index is 15.5. The Hall–Kier alpha value is -6.13. The molecule has 3 atom stereocenters. The predicted molar refractivity (Wildman–Crippen MR) is 219 cm³/mol. The van der Waals surface area contributed by atoms with E-state index in [0.717, 1.165) is 16.7 Å². The molecule has 296 valence electrons. The minimum absolute atomic E-state index is 0.0112. The second-order valence-electron chi connectivity index (χ2n) is 15.0. The number of rotatable bonds is 16. The number of nitrogens with zero attached hydrogens (tertiary/aromatic N) is 3. The van der Waals surface area contributed by atoms with Gasteiger partial charge in [0.05, 0.1) is 18.2 Å². The van der Waals surface area contributed by atoms with Gasteiger partial charge in [-0.3, -0.25) is 4.79 Å². The fourth-order valence-electron chi connectivity index (χ4n) is 7.72. The number of hydrogen-bond donors (Lipinski definition) is 2. The third-order valence-corrected chi connectivity index (χ3v) is 10.2. The maximum Gasteiger partial charge on any atom is 0.329 e. The summed E-state index contributed by atoms with van der Waals surface area (Å²) >= 11 is 0. The van der Waals surface area contributed by atoms with Crippen molar-refractivity contribution in [3.05, 3.63) is 167 Å². The summed E-state index contributed by atoms with van der Waals surface area (Å²) < 4.78 is 12.7. The van der Waals surface area contributed by atoms with Crippen LogP contribution in [-0.4, -0.2) is 80.2 Å². The molecular weight excluding hydrogens is 719 g/mol. The number of aliphatic carboxylic acids is 1. The number of carbonyl (C=O) groups is 3. The zero-order valence-electron chi connectivity index (χ0n) is 33.1. The van der Waals surface area contributed by atoms with E-state index < -0.39 is 41.6 Å². The van der Waals surface area contributed by atoms with Gasteiger partial charge in [-0.25, -0.2) is 9.59 Å². The van der Waals surface area contributed by atoms with E-state index in [4.69, 9.17) is 9.47 Å². The number of likely N-dealkylation sites (N-methyl/N-ethyl adjacent to an activating group) is 1. The zero-order valence-corrected chi connectivity index (χ0v) is 33.1. The third kappa shape index (κ3) is 8.81. The lowest BCUT2D eigenvalue weighted by Gasteiger charge is -2.44. The molecule has 2 N–H and O–H groups in total. The van der Waals surface area contributed by atoms with Crippen LogP contribution < -0.4 is 9.47 Å². The molecule has 0 spiro atoms. The summed E-state index contributed by atoms with van der Waals surface area (Å²) in [4.78, 5) is 47.5. The van der Waals surface area contributed by atoms with Crippen LogP contribution in [0.1, 0.15) is 55.5 Å². The molecule has 6 rings (SSSR count). The number of benzene rings is 5. The van der Waals surface area contributed by atoms with Crippen molar-refractivity contribution in [3.8, 4) is 11.5 Å². The van der Waals surface area contributed by atoms with Crippen molar-refractivity contribution in [2.75, 3.05) is 7.05 Å². The van der Waals surface area contributed by atoms with E-state index in [9.17, 15) is 19.8 Å². The molecule has 1 fully saturated rings. The van der Waals surface area contributed by atoms with E-state index in [0.29, 0.717) is 22.6 Å². The number of carboxylic acid groups (broad SMARTS) is 1. The van der Waals surface area contributed by atoms with Crippen LogP contribution in [-0.2, 0) is 34.7 Å². The standard InChI is InChI=1S/C47H51N3O7/c1-32(2)56-39-27-17-15-25-37(39)47(55,38-26-16-18-28-40(38)57-33(3)4)41(29-34-19-9-6-10-20-34)48(5)44(51)42-43(45(52)53)50(31-36-23-13-8-14-24-36)46(54)49(42)30-35-21-11-7-12-22-35/h6-28,32-33,41-43,55H,29-31H2,1-5H3,(H,52,53)/t41?,42-,43+/m0/s1. The maximum absolute atomic E-state index is 15.5. The molecule has 0 saturated carbocycles. The Kier molecular flexibility index (Phi) is 12.6. The first-order valence-electron chi connectivity index (χ1n) is 19.3. The number of ether oxygens (including phenoxy) is 2. The first kappa shape index (κ1) is 40.5. The molecule has 0 bridgehead atoms. The molecule has 1 aliphatic rings. The lowest BCUT2D eigenvalue weighted by molar-refractivity contribution is -0.150. The highest BCUT2D eigenvalue weighted by Crippen LogP contribution is 2.46. The van der Waals surface area contributed by atoms with Gasteiger partial charge in [0.2, 0.25) is 5.91 Å². The van der Waals surface area contributed by atoms with Crippen LogP contribution >= 0.6 is 0 Å². The van der Waals surface area contributed by atoms with Gasteiger partial charge >= 0.3 is 12.0 Å². The van der Waals surface area contributed by atoms with Crippen LogP contribution in [0.3, 0.4) is 0 Å². The smallest absolute Gasteiger partial charge is 0.329 e. The van der Waals surface area contributed by atoms with E-state index in [-0.39, 0.29) is 31.7 Å². The van der Waals surface area contributed by atoms with Crippen molar-refractivity contribution in [3.63, 3.8) is 0 Å². The predicted octanol–water partition coefficient (Wildman–Crippen LogP) is 7.53. The molecule has 0 aliphatic carbocycles. The lowest BCUT2D eigenvalue weighted by Crippen LogP contribution is -2.59. The average Bonchev–Trinajstić information content (AvgIpc) is 3.47. The van der Waals surface area contributed by atoms with Crippen molar-refractivity contribution in [1.29, 1.82) is 0 Å². The highest BCUT2D eigenvalue weighted by atomic mass is 16.5. The van der Waals surface area contributed by atoms with Gasteiger partial charge in [0.15, 0.2) is 6.04 Å². The van der Waals surface area contributed by atoms with Gasteiger partial charge in [-0.05, 0) is 62.9 Å². The van der Waals surface area contributed by atoms with Crippen LogP contribution in [0, 0.1) is 0 Å². The Bertz CT molecular complexity index is 2070. The number of amides is 3. The van der Waals surface area contributed by atoms with Gasteiger partial charge < -0.3 is 34.4 Å². The molecule has 10 nitrogen and oxygen atoms in total. The second-order valence-corrected chi connectivity index (χ2v) is 15.0. The first-order valence-corrected chi connectivity index (χ1v) is 19.3. The van der Waals surface area contributed by atoms with E-state index in [1.54, 1.807) is 43.4 Å². The van der Waals surface area contributed by atoms with Crippen LogP contribution in [0.25, 0.3) is 0 Å². The molecule has 3 amide bonds. The highest BCUT2D eigenvalue weighted by molar-refractivity contribution is 5.98. The number of carbonyl (C=O) groups excluding carboxylic acids is 2. The van der Waals surface area contributed by atoms with Crippen LogP contribution in [0.2, 0.25) is 0 Å². The Morgan fingerprint density at radius 1 is 0.632 bits per heavy atom.